The molecule has 0 saturated heterocycles. The SMILES string of the molecule is CCCOc1cncc(C(O)c2cccc(COC)c2)c1. The Balaban J connectivity index is 2.18. The van der Waals surface area contributed by atoms with Crippen LogP contribution < -0.4 is 4.74 Å². The molecule has 0 aliphatic carbocycles. The van der Waals surface area contributed by atoms with E-state index in [1.54, 1.807) is 19.5 Å². The van der Waals surface area contributed by atoms with E-state index in [0.29, 0.717) is 19.0 Å². The van der Waals surface area contributed by atoms with E-state index in [4.69, 9.17) is 9.47 Å². The van der Waals surface area contributed by atoms with Crippen LogP contribution in [-0.2, 0) is 11.3 Å². The molecule has 4 nitrogen and oxygen atoms in total. The number of aliphatic hydroxyl groups is 1. The van der Waals surface area contributed by atoms with Crippen LogP contribution in [-0.4, -0.2) is 23.8 Å². The lowest BCUT2D eigenvalue weighted by Gasteiger charge is -2.13. The van der Waals surface area contributed by atoms with Gasteiger partial charge < -0.3 is 14.6 Å². The molecule has 2 aromatic rings. The third kappa shape index (κ3) is 4.28. The molecule has 1 heterocycles. The fourth-order valence-corrected chi connectivity index (χ4v) is 2.10. The van der Waals surface area contributed by atoms with Crippen LogP contribution in [0.2, 0.25) is 0 Å². The van der Waals surface area contributed by atoms with E-state index in [9.17, 15) is 5.11 Å². The molecule has 0 fully saturated rings. The first-order chi connectivity index (χ1) is 10.2. The Hall–Kier alpha value is -1.91. The van der Waals surface area contributed by atoms with Crippen LogP contribution in [0, 0.1) is 0 Å². The number of methoxy groups -OCH3 is 1. The number of ether oxygens (including phenoxy) is 2. The molecule has 21 heavy (non-hydrogen) atoms. The first kappa shape index (κ1) is 15.5. The molecule has 1 unspecified atom stereocenters. The van der Waals surface area contributed by atoms with Crippen molar-refractivity contribution in [2.45, 2.75) is 26.1 Å². The third-order valence-corrected chi connectivity index (χ3v) is 3.10. The Morgan fingerprint density at radius 2 is 2.05 bits per heavy atom. The van der Waals surface area contributed by atoms with Gasteiger partial charge in [-0.1, -0.05) is 31.2 Å². The summed E-state index contributed by atoms with van der Waals surface area (Å²) in [6, 6.07) is 9.55. The van der Waals surface area contributed by atoms with Gasteiger partial charge in [-0.2, -0.15) is 0 Å². The van der Waals surface area contributed by atoms with Gasteiger partial charge in [-0.25, -0.2) is 0 Å². The zero-order chi connectivity index (χ0) is 15.1. The number of aliphatic hydroxyl groups excluding tert-OH is 1. The fourth-order valence-electron chi connectivity index (χ4n) is 2.10. The lowest BCUT2D eigenvalue weighted by Crippen LogP contribution is -2.03. The van der Waals surface area contributed by atoms with Gasteiger partial charge >= 0.3 is 0 Å². The van der Waals surface area contributed by atoms with Crippen LogP contribution in [0.15, 0.2) is 42.7 Å². The largest absolute Gasteiger partial charge is 0.492 e. The molecule has 1 N–H and O–H groups in total. The molecule has 0 saturated carbocycles. The van der Waals surface area contributed by atoms with Crippen molar-refractivity contribution < 1.29 is 14.6 Å². The van der Waals surface area contributed by atoms with Gasteiger partial charge in [-0.3, -0.25) is 4.98 Å². The first-order valence-corrected chi connectivity index (χ1v) is 7.08. The van der Waals surface area contributed by atoms with Crippen LogP contribution in [0.1, 0.15) is 36.1 Å². The van der Waals surface area contributed by atoms with Gasteiger partial charge in [0.25, 0.3) is 0 Å². The van der Waals surface area contributed by atoms with Crippen LogP contribution in [0.4, 0.5) is 0 Å². The van der Waals surface area contributed by atoms with Crippen molar-refractivity contribution in [2.75, 3.05) is 13.7 Å². The number of aromatic nitrogens is 1. The molecule has 112 valence electrons. The Kier molecular flexibility index (Phi) is 5.72. The van der Waals surface area contributed by atoms with Crippen molar-refractivity contribution in [3.63, 3.8) is 0 Å². The van der Waals surface area contributed by atoms with E-state index in [2.05, 4.69) is 4.98 Å². The minimum absolute atomic E-state index is 0.526. The maximum absolute atomic E-state index is 10.5. The third-order valence-electron chi connectivity index (χ3n) is 3.10. The van der Waals surface area contributed by atoms with Gasteiger partial charge in [0, 0.05) is 18.9 Å². The number of hydrogen-bond acceptors (Lipinski definition) is 4. The summed E-state index contributed by atoms with van der Waals surface area (Å²) in [6.45, 7) is 3.22. The van der Waals surface area contributed by atoms with E-state index in [-0.39, 0.29) is 0 Å². The molecule has 0 amide bonds. The zero-order valence-corrected chi connectivity index (χ0v) is 12.5. The number of benzene rings is 1. The summed E-state index contributed by atoms with van der Waals surface area (Å²) >= 11 is 0. The van der Waals surface area contributed by atoms with Crippen LogP contribution in [0.25, 0.3) is 0 Å². The molecule has 1 aromatic carbocycles. The smallest absolute Gasteiger partial charge is 0.137 e. The van der Waals surface area contributed by atoms with Gasteiger partial charge in [0.05, 0.1) is 19.4 Å². The summed E-state index contributed by atoms with van der Waals surface area (Å²) in [5, 5.41) is 10.5. The lowest BCUT2D eigenvalue weighted by molar-refractivity contribution is 0.184. The highest BCUT2D eigenvalue weighted by molar-refractivity contribution is 5.34. The molecule has 0 radical (unpaired) electrons. The Morgan fingerprint density at radius 3 is 2.81 bits per heavy atom. The quantitative estimate of drug-likeness (QED) is 0.850. The highest BCUT2D eigenvalue weighted by atomic mass is 16.5. The van der Waals surface area contributed by atoms with Crippen molar-refractivity contribution in [2.24, 2.45) is 0 Å². The standard InChI is InChI=1S/C17H21NO3/c1-3-7-21-16-9-15(10-18-11-16)17(19)14-6-4-5-13(8-14)12-20-2/h4-6,8-11,17,19H,3,7,12H2,1-2H3. The molecule has 1 atom stereocenters. The highest BCUT2D eigenvalue weighted by Gasteiger charge is 2.12. The molecule has 2 rings (SSSR count). The van der Waals surface area contributed by atoms with E-state index in [1.165, 1.54) is 0 Å². The topological polar surface area (TPSA) is 51.6 Å². The Labute approximate surface area is 125 Å². The number of hydrogen-bond donors (Lipinski definition) is 1. The van der Waals surface area contributed by atoms with Crippen LogP contribution >= 0.6 is 0 Å². The minimum Gasteiger partial charge on any atom is -0.492 e. The summed E-state index contributed by atoms with van der Waals surface area (Å²) in [5.41, 5.74) is 2.57. The fraction of sp³-hybridized carbons (Fsp3) is 0.353. The number of rotatable bonds is 7. The minimum atomic E-state index is -0.723. The average Bonchev–Trinajstić information content (AvgIpc) is 2.53. The number of nitrogens with zero attached hydrogens (tertiary/aromatic N) is 1. The maximum Gasteiger partial charge on any atom is 0.137 e. The summed E-state index contributed by atoms with van der Waals surface area (Å²) in [7, 11) is 1.65. The second-order valence-electron chi connectivity index (χ2n) is 4.88. The number of pyridine rings is 1. The Bertz CT molecular complexity index is 571. The average molecular weight is 287 g/mol. The van der Waals surface area contributed by atoms with Crippen LogP contribution in [0.3, 0.4) is 0 Å². The monoisotopic (exact) mass is 287 g/mol. The molecule has 4 heteroatoms. The van der Waals surface area contributed by atoms with E-state index in [0.717, 1.165) is 23.1 Å². The maximum atomic E-state index is 10.5. The molecule has 0 spiro atoms. The summed E-state index contributed by atoms with van der Waals surface area (Å²) < 4.78 is 10.7. The van der Waals surface area contributed by atoms with Crippen LogP contribution in [0.5, 0.6) is 5.75 Å². The normalized spacial score (nSPS) is 12.1. The molecular formula is C17H21NO3. The van der Waals surface area contributed by atoms with Crippen molar-refractivity contribution in [1.82, 2.24) is 4.98 Å². The van der Waals surface area contributed by atoms with Gasteiger partial charge in [0.15, 0.2) is 0 Å². The summed E-state index contributed by atoms with van der Waals surface area (Å²) in [6.07, 6.45) is 3.53. The summed E-state index contributed by atoms with van der Waals surface area (Å²) in [5.74, 6) is 0.682. The second-order valence-corrected chi connectivity index (χ2v) is 4.88. The summed E-state index contributed by atoms with van der Waals surface area (Å²) in [4.78, 5) is 4.13. The molecule has 1 aromatic heterocycles. The second kappa shape index (κ2) is 7.76. The highest BCUT2D eigenvalue weighted by Crippen LogP contribution is 2.25. The van der Waals surface area contributed by atoms with E-state index >= 15 is 0 Å². The first-order valence-electron chi connectivity index (χ1n) is 7.08. The molecule has 0 aliphatic heterocycles. The zero-order valence-electron chi connectivity index (χ0n) is 12.5. The van der Waals surface area contributed by atoms with Gasteiger partial charge in [0.1, 0.15) is 11.9 Å². The molecule has 0 bridgehead atoms. The van der Waals surface area contributed by atoms with Gasteiger partial charge in [0.2, 0.25) is 0 Å². The van der Waals surface area contributed by atoms with Crippen molar-refractivity contribution in [1.29, 1.82) is 0 Å². The Morgan fingerprint density at radius 1 is 1.19 bits per heavy atom. The van der Waals surface area contributed by atoms with Crippen molar-refractivity contribution in [3.05, 3.63) is 59.4 Å². The molecular weight excluding hydrogens is 266 g/mol. The molecule has 0 aliphatic rings. The van der Waals surface area contributed by atoms with Gasteiger partial charge in [-0.05, 0) is 23.6 Å². The van der Waals surface area contributed by atoms with Crippen molar-refractivity contribution in [3.8, 4) is 5.75 Å². The predicted molar refractivity (Wildman–Crippen MR) is 81.2 cm³/mol. The van der Waals surface area contributed by atoms with E-state index in [1.807, 2.05) is 37.3 Å². The van der Waals surface area contributed by atoms with Crippen molar-refractivity contribution >= 4 is 0 Å². The predicted octanol–water partition coefficient (Wildman–Crippen LogP) is 3.10. The lowest BCUT2D eigenvalue weighted by atomic mass is 10.0. The van der Waals surface area contributed by atoms with E-state index < -0.39 is 6.10 Å². The van der Waals surface area contributed by atoms with Gasteiger partial charge in [-0.15, -0.1) is 0 Å².